The van der Waals surface area contributed by atoms with E-state index in [-0.39, 0.29) is 26.1 Å². The van der Waals surface area contributed by atoms with Gasteiger partial charge in [-0.1, -0.05) is 128 Å². The second kappa shape index (κ2) is 34.4. The number of hydrogen-bond acceptors (Lipinski definition) is 15. The predicted molar refractivity (Wildman–Crippen MR) is 229 cm³/mol. The number of unbranched alkanes of at least 4 members (excludes halogenated alkanes) is 17. The highest BCUT2D eigenvalue weighted by Gasteiger charge is 2.47. The van der Waals surface area contributed by atoms with Crippen LogP contribution in [-0.2, 0) is 38.0 Å². The maximum atomic E-state index is 12.8. The van der Waals surface area contributed by atoms with Crippen molar-refractivity contribution in [3.05, 3.63) is 24.3 Å². The zero-order valence-electron chi connectivity index (χ0n) is 37.1. The Morgan fingerprint density at radius 1 is 0.525 bits per heavy atom. The average molecular weight is 875 g/mol. The molecule has 0 aromatic rings. The molecule has 2 aliphatic heterocycles. The number of hydrogen-bond donors (Lipinski definition) is 7. The van der Waals surface area contributed by atoms with E-state index in [1.807, 2.05) is 6.92 Å². The SMILES string of the molecule is CCCCCCC/C=C\C/C=C\CCCCCCCCCCCCCC(=O)OC(COC(=O)CCCC)COC1OC(COC2OC(CO)C(O)C(O)C2O)C(O)C(O)C1O. The van der Waals surface area contributed by atoms with Crippen LogP contribution in [0.1, 0.15) is 162 Å². The highest BCUT2D eigenvalue weighted by atomic mass is 16.7. The summed E-state index contributed by atoms with van der Waals surface area (Å²) in [7, 11) is 0. The van der Waals surface area contributed by atoms with Crippen molar-refractivity contribution in [2.45, 2.75) is 229 Å². The van der Waals surface area contributed by atoms with Crippen LogP contribution in [0.2, 0.25) is 0 Å². The topological polar surface area (TPSA) is 231 Å². The molecule has 15 heteroatoms. The summed E-state index contributed by atoms with van der Waals surface area (Å²) in [6, 6.07) is 0. The zero-order chi connectivity index (χ0) is 44.7. The molecule has 0 saturated carbocycles. The van der Waals surface area contributed by atoms with E-state index >= 15 is 0 Å². The fraction of sp³-hybridized carbons (Fsp3) is 0.870. The van der Waals surface area contributed by atoms with E-state index in [9.17, 15) is 45.3 Å². The summed E-state index contributed by atoms with van der Waals surface area (Å²) in [6.07, 6.45) is 16.5. The van der Waals surface area contributed by atoms with Gasteiger partial charge in [-0.15, -0.1) is 0 Å². The highest BCUT2D eigenvalue weighted by molar-refractivity contribution is 5.70. The van der Waals surface area contributed by atoms with Crippen LogP contribution in [0.4, 0.5) is 0 Å². The Hall–Kier alpha value is -2.02. The molecule has 2 saturated heterocycles. The van der Waals surface area contributed by atoms with Gasteiger partial charge in [-0.25, -0.2) is 0 Å². The van der Waals surface area contributed by atoms with E-state index < -0.39 is 92.7 Å². The minimum Gasteiger partial charge on any atom is -0.462 e. The van der Waals surface area contributed by atoms with Gasteiger partial charge in [-0.05, 0) is 44.9 Å². The standard InChI is InChI=1S/C46H82O15/c1-3-5-7-8-9-10-11-12-13-14-15-16-17-18-19-20-21-22-23-24-25-26-27-29-38(49)59-34(31-56-37(48)28-6-4-2)32-57-45-44(55)42(53)40(51)36(61-45)33-58-46-43(54)41(52)39(50)35(30-47)60-46/h11-12,14-15,34-36,39-47,50-55H,3-10,13,16-33H2,1-2H3/b12-11-,15-14-. The number of ether oxygens (including phenoxy) is 6. The molecule has 2 heterocycles. The van der Waals surface area contributed by atoms with Crippen LogP contribution >= 0.6 is 0 Å². The van der Waals surface area contributed by atoms with Gasteiger partial charge in [0.1, 0.15) is 55.4 Å². The average Bonchev–Trinajstić information content (AvgIpc) is 3.25. The van der Waals surface area contributed by atoms with E-state index in [1.165, 1.54) is 83.5 Å². The molecule has 61 heavy (non-hydrogen) atoms. The second-order valence-electron chi connectivity index (χ2n) is 16.6. The molecule has 0 aromatic heterocycles. The van der Waals surface area contributed by atoms with Crippen LogP contribution in [0.3, 0.4) is 0 Å². The van der Waals surface area contributed by atoms with Crippen molar-refractivity contribution in [3.8, 4) is 0 Å². The van der Waals surface area contributed by atoms with Crippen LogP contribution in [0.25, 0.3) is 0 Å². The first-order valence-electron chi connectivity index (χ1n) is 23.4. The first-order chi connectivity index (χ1) is 29.5. The van der Waals surface area contributed by atoms with Gasteiger partial charge in [0.15, 0.2) is 18.7 Å². The van der Waals surface area contributed by atoms with E-state index in [4.69, 9.17) is 28.4 Å². The molecule has 0 bridgehead atoms. The predicted octanol–water partition coefficient (Wildman–Crippen LogP) is 5.21. The molecule has 356 valence electrons. The molecular formula is C46H82O15. The Morgan fingerprint density at radius 2 is 1.00 bits per heavy atom. The molecule has 2 rings (SSSR count). The van der Waals surface area contributed by atoms with Gasteiger partial charge in [0.05, 0.1) is 19.8 Å². The van der Waals surface area contributed by atoms with Crippen LogP contribution < -0.4 is 0 Å². The molecule has 0 aliphatic carbocycles. The van der Waals surface area contributed by atoms with Crippen molar-refractivity contribution in [1.82, 2.24) is 0 Å². The summed E-state index contributed by atoms with van der Waals surface area (Å²) in [4.78, 5) is 25.1. The summed E-state index contributed by atoms with van der Waals surface area (Å²) in [5.41, 5.74) is 0. The van der Waals surface area contributed by atoms with E-state index in [2.05, 4.69) is 31.2 Å². The van der Waals surface area contributed by atoms with E-state index in [0.717, 1.165) is 38.5 Å². The summed E-state index contributed by atoms with van der Waals surface area (Å²) in [5, 5.41) is 71.5. The smallest absolute Gasteiger partial charge is 0.306 e. The van der Waals surface area contributed by atoms with Crippen molar-refractivity contribution < 1.29 is 73.8 Å². The largest absolute Gasteiger partial charge is 0.462 e. The molecule has 0 amide bonds. The maximum absolute atomic E-state index is 12.8. The van der Waals surface area contributed by atoms with Crippen molar-refractivity contribution in [2.75, 3.05) is 26.4 Å². The minimum absolute atomic E-state index is 0.163. The molecule has 7 N–H and O–H groups in total. The van der Waals surface area contributed by atoms with Gasteiger partial charge >= 0.3 is 11.9 Å². The lowest BCUT2D eigenvalue weighted by atomic mass is 9.98. The third kappa shape index (κ3) is 23.5. The highest BCUT2D eigenvalue weighted by Crippen LogP contribution is 2.26. The minimum atomic E-state index is -1.76. The van der Waals surface area contributed by atoms with Crippen LogP contribution in [0.15, 0.2) is 24.3 Å². The quantitative estimate of drug-likeness (QED) is 0.0246. The summed E-state index contributed by atoms with van der Waals surface area (Å²) in [6.45, 7) is 2.29. The van der Waals surface area contributed by atoms with Gasteiger partial charge in [0.2, 0.25) is 0 Å². The van der Waals surface area contributed by atoms with E-state index in [0.29, 0.717) is 12.8 Å². The molecule has 0 aromatic carbocycles. The lowest BCUT2D eigenvalue weighted by Crippen LogP contribution is -2.61. The van der Waals surface area contributed by atoms with Crippen molar-refractivity contribution >= 4 is 11.9 Å². The summed E-state index contributed by atoms with van der Waals surface area (Å²) >= 11 is 0. The van der Waals surface area contributed by atoms with E-state index in [1.54, 1.807) is 0 Å². The zero-order valence-corrected chi connectivity index (χ0v) is 37.1. The molecule has 0 radical (unpaired) electrons. The van der Waals surface area contributed by atoms with Crippen molar-refractivity contribution in [1.29, 1.82) is 0 Å². The van der Waals surface area contributed by atoms with Crippen LogP contribution in [0, 0.1) is 0 Å². The fourth-order valence-corrected chi connectivity index (χ4v) is 7.22. The molecule has 2 fully saturated rings. The Bertz CT molecular complexity index is 1170. The van der Waals surface area contributed by atoms with Gasteiger partial charge in [-0.2, -0.15) is 0 Å². The lowest BCUT2D eigenvalue weighted by Gasteiger charge is -2.42. The van der Waals surface area contributed by atoms with Crippen LogP contribution in [0.5, 0.6) is 0 Å². The third-order valence-electron chi connectivity index (χ3n) is 11.2. The molecular weight excluding hydrogens is 792 g/mol. The number of esters is 2. The van der Waals surface area contributed by atoms with Gasteiger partial charge in [0.25, 0.3) is 0 Å². The van der Waals surface area contributed by atoms with Gasteiger partial charge in [-0.3, -0.25) is 9.59 Å². The Balaban J connectivity index is 1.66. The number of aliphatic hydroxyl groups excluding tert-OH is 7. The first-order valence-corrected chi connectivity index (χ1v) is 23.4. The lowest BCUT2D eigenvalue weighted by molar-refractivity contribution is -0.332. The number of aliphatic hydroxyl groups is 7. The van der Waals surface area contributed by atoms with Crippen molar-refractivity contribution in [3.63, 3.8) is 0 Å². The van der Waals surface area contributed by atoms with Crippen LogP contribution in [-0.4, -0.2) is 142 Å². The second-order valence-corrected chi connectivity index (χ2v) is 16.6. The Kier molecular flexibility index (Phi) is 31.1. The number of rotatable bonds is 35. The van der Waals surface area contributed by atoms with Crippen molar-refractivity contribution in [2.24, 2.45) is 0 Å². The third-order valence-corrected chi connectivity index (χ3v) is 11.2. The summed E-state index contributed by atoms with van der Waals surface area (Å²) < 4.78 is 33.1. The maximum Gasteiger partial charge on any atom is 0.306 e. The Morgan fingerprint density at radius 3 is 1.56 bits per heavy atom. The summed E-state index contributed by atoms with van der Waals surface area (Å²) in [5.74, 6) is -0.966. The first kappa shape index (κ1) is 55.1. The molecule has 11 unspecified atom stereocenters. The van der Waals surface area contributed by atoms with Gasteiger partial charge in [0, 0.05) is 12.8 Å². The number of carbonyl (C=O) groups excluding carboxylic acids is 2. The normalized spacial score (nSPS) is 27.5. The molecule has 0 spiro atoms. The van der Waals surface area contributed by atoms with Gasteiger partial charge < -0.3 is 64.2 Å². The molecule has 15 nitrogen and oxygen atoms in total. The Labute approximate surface area is 364 Å². The monoisotopic (exact) mass is 875 g/mol. The molecule has 11 atom stereocenters. The number of allylic oxidation sites excluding steroid dienone is 4. The molecule has 2 aliphatic rings. The number of carbonyl (C=O) groups is 2. The fourth-order valence-electron chi connectivity index (χ4n) is 7.22.